The Hall–Kier alpha value is -1.49. The number of hydrogen-bond donors (Lipinski definition) is 2. The van der Waals surface area contributed by atoms with E-state index in [0.29, 0.717) is 17.1 Å². The number of amides is 1. The number of rotatable bonds is 5. The van der Waals surface area contributed by atoms with Gasteiger partial charge in [0.15, 0.2) is 0 Å². The second-order valence-electron chi connectivity index (χ2n) is 4.83. The molecule has 0 fully saturated rings. The topological polar surface area (TPSA) is 55.1 Å². The maximum absolute atomic E-state index is 12.9. The lowest BCUT2D eigenvalue weighted by Gasteiger charge is -2.23. The van der Waals surface area contributed by atoms with Crippen LogP contribution in [0.2, 0.25) is 0 Å². The number of benzene rings is 1. The van der Waals surface area contributed by atoms with Crippen LogP contribution in [0.5, 0.6) is 0 Å². The molecule has 0 unspecified atom stereocenters. The quantitative estimate of drug-likeness (QED) is 0.801. The van der Waals surface area contributed by atoms with Crippen LogP contribution in [-0.4, -0.2) is 17.4 Å². The lowest BCUT2D eigenvalue weighted by Crippen LogP contribution is -2.41. The van der Waals surface area contributed by atoms with Crippen LogP contribution >= 0.6 is 12.2 Å². The van der Waals surface area contributed by atoms with Gasteiger partial charge < -0.3 is 11.1 Å². The van der Waals surface area contributed by atoms with Gasteiger partial charge in [0.2, 0.25) is 5.91 Å². The van der Waals surface area contributed by atoms with Crippen molar-refractivity contribution >= 4 is 23.1 Å². The molecule has 0 aliphatic carbocycles. The van der Waals surface area contributed by atoms with E-state index < -0.39 is 5.41 Å². The minimum absolute atomic E-state index is 0.144. The van der Waals surface area contributed by atoms with E-state index in [4.69, 9.17) is 18.0 Å². The van der Waals surface area contributed by atoms with Crippen molar-refractivity contribution in [2.45, 2.75) is 20.3 Å². The molecule has 3 nitrogen and oxygen atoms in total. The third-order valence-corrected chi connectivity index (χ3v) is 3.20. The first-order chi connectivity index (χ1) is 8.31. The molecule has 0 radical (unpaired) electrons. The Labute approximate surface area is 112 Å². The third kappa shape index (κ3) is 4.41. The van der Waals surface area contributed by atoms with Gasteiger partial charge >= 0.3 is 0 Å². The van der Waals surface area contributed by atoms with Crippen LogP contribution in [0.15, 0.2) is 24.3 Å². The second kappa shape index (κ2) is 5.91. The molecule has 0 saturated carbocycles. The summed E-state index contributed by atoms with van der Waals surface area (Å²) < 4.78 is 12.9. The zero-order valence-corrected chi connectivity index (χ0v) is 11.3. The molecule has 3 N–H and O–H groups in total. The van der Waals surface area contributed by atoms with Gasteiger partial charge in [-0.2, -0.15) is 0 Å². The molecular weight excluding hydrogens is 251 g/mol. The van der Waals surface area contributed by atoms with E-state index in [9.17, 15) is 9.18 Å². The highest BCUT2D eigenvalue weighted by Crippen LogP contribution is 2.13. The van der Waals surface area contributed by atoms with Gasteiger partial charge in [0, 0.05) is 12.0 Å². The summed E-state index contributed by atoms with van der Waals surface area (Å²) in [6.45, 7) is 4.09. The maximum atomic E-state index is 12.9. The van der Waals surface area contributed by atoms with E-state index in [-0.39, 0.29) is 18.1 Å². The number of nitrogens with one attached hydrogen (secondary N) is 1. The Kier molecular flexibility index (Phi) is 4.78. The number of nitrogens with two attached hydrogens (primary N) is 1. The van der Waals surface area contributed by atoms with Crippen LogP contribution in [0.1, 0.15) is 19.4 Å². The summed E-state index contributed by atoms with van der Waals surface area (Å²) in [6, 6.07) is 5.98. The largest absolute Gasteiger partial charge is 0.393 e. The summed E-state index contributed by atoms with van der Waals surface area (Å²) in [6.07, 6.45) is 0.144. The Balaban J connectivity index is 2.50. The molecule has 0 atom stereocenters. The third-order valence-electron chi connectivity index (χ3n) is 2.65. The Morgan fingerprint density at radius 2 is 2.17 bits per heavy atom. The fraction of sp³-hybridized carbons (Fsp3) is 0.385. The summed E-state index contributed by atoms with van der Waals surface area (Å²) >= 11 is 4.91. The molecule has 98 valence electrons. The Morgan fingerprint density at radius 1 is 1.50 bits per heavy atom. The van der Waals surface area contributed by atoms with E-state index in [1.807, 2.05) is 13.8 Å². The molecule has 0 aromatic heterocycles. The SMILES string of the molecule is CC(C)(CNC(=O)Cc1cccc(F)c1)C(N)=S. The van der Waals surface area contributed by atoms with Crippen molar-refractivity contribution in [3.05, 3.63) is 35.6 Å². The van der Waals surface area contributed by atoms with Gasteiger partial charge in [-0.25, -0.2) is 4.39 Å². The lowest BCUT2D eigenvalue weighted by molar-refractivity contribution is -0.120. The van der Waals surface area contributed by atoms with Crippen molar-refractivity contribution in [1.82, 2.24) is 5.32 Å². The molecule has 18 heavy (non-hydrogen) atoms. The standard InChI is InChI=1S/C13H17FN2OS/c1-13(2,12(15)18)8-16-11(17)7-9-4-3-5-10(14)6-9/h3-6H,7-8H2,1-2H3,(H2,15,18)(H,16,17). The van der Waals surface area contributed by atoms with E-state index in [2.05, 4.69) is 5.32 Å². The van der Waals surface area contributed by atoms with Crippen LogP contribution in [0, 0.1) is 11.2 Å². The number of halogens is 1. The van der Waals surface area contributed by atoms with Crippen LogP contribution in [0.25, 0.3) is 0 Å². The van der Waals surface area contributed by atoms with Gasteiger partial charge in [0.25, 0.3) is 0 Å². The molecule has 0 spiro atoms. The van der Waals surface area contributed by atoms with Crippen molar-refractivity contribution in [3.63, 3.8) is 0 Å². The Bertz CT molecular complexity index is 460. The van der Waals surface area contributed by atoms with Crippen molar-refractivity contribution in [2.75, 3.05) is 6.54 Å². The number of thiocarbonyl (C=S) groups is 1. The molecule has 5 heteroatoms. The zero-order chi connectivity index (χ0) is 13.8. The van der Waals surface area contributed by atoms with Crippen LogP contribution in [0.3, 0.4) is 0 Å². The summed E-state index contributed by atoms with van der Waals surface area (Å²) in [7, 11) is 0. The predicted molar refractivity (Wildman–Crippen MR) is 73.7 cm³/mol. The molecule has 1 aromatic rings. The molecule has 0 aliphatic rings. The molecule has 1 rings (SSSR count). The molecule has 0 saturated heterocycles. The van der Waals surface area contributed by atoms with Gasteiger partial charge in [0.1, 0.15) is 5.82 Å². The summed E-state index contributed by atoms with van der Waals surface area (Å²) in [4.78, 5) is 12.0. The highest BCUT2D eigenvalue weighted by atomic mass is 32.1. The number of carbonyl (C=O) groups is 1. The predicted octanol–water partition coefficient (Wildman–Crippen LogP) is 1.80. The van der Waals surface area contributed by atoms with Crippen LogP contribution < -0.4 is 11.1 Å². The molecule has 1 amide bonds. The first kappa shape index (κ1) is 14.6. The van der Waals surface area contributed by atoms with E-state index >= 15 is 0 Å². The van der Waals surface area contributed by atoms with Crippen LogP contribution in [0.4, 0.5) is 4.39 Å². The van der Waals surface area contributed by atoms with Gasteiger partial charge in [0.05, 0.1) is 11.4 Å². The van der Waals surface area contributed by atoms with Gasteiger partial charge in [-0.05, 0) is 17.7 Å². The monoisotopic (exact) mass is 268 g/mol. The van der Waals surface area contributed by atoms with Crippen molar-refractivity contribution in [2.24, 2.45) is 11.1 Å². The number of hydrogen-bond acceptors (Lipinski definition) is 2. The molecular formula is C13H17FN2OS. The minimum Gasteiger partial charge on any atom is -0.393 e. The number of carbonyl (C=O) groups excluding carboxylic acids is 1. The average Bonchev–Trinajstić information content (AvgIpc) is 2.26. The summed E-state index contributed by atoms with van der Waals surface area (Å²) in [5, 5.41) is 2.74. The fourth-order valence-corrected chi connectivity index (χ4v) is 1.37. The molecule has 0 heterocycles. The fourth-order valence-electron chi connectivity index (χ4n) is 1.30. The van der Waals surface area contributed by atoms with Crippen molar-refractivity contribution < 1.29 is 9.18 Å². The zero-order valence-electron chi connectivity index (χ0n) is 10.5. The van der Waals surface area contributed by atoms with Gasteiger partial charge in [-0.15, -0.1) is 0 Å². The highest BCUT2D eigenvalue weighted by molar-refractivity contribution is 7.80. The highest BCUT2D eigenvalue weighted by Gasteiger charge is 2.21. The minimum atomic E-state index is -0.424. The maximum Gasteiger partial charge on any atom is 0.224 e. The van der Waals surface area contributed by atoms with E-state index in [1.54, 1.807) is 12.1 Å². The van der Waals surface area contributed by atoms with Gasteiger partial charge in [-0.3, -0.25) is 4.79 Å². The van der Waals surface area contributed by atoms with E-state index in [1.165, 1.54) is 12.1 Å². The van der Waals surface area contributed by atoms with Crippen LogP contribution in [-0.2, 0) is 11.2 Å². The molecule has 0 aliphatic heterocycles. The molecule has 1 aromatic carbocycles. The van der Waals surface area contributed by atoms with Crippen molar-refractivity contribution in [3.8, 4) is 0 Å². The molecule has 0 bridgehead atoms. The normalized spacial score (nSPS) is 11.1. The first-order valence-electron chi connectivity index (χ1n) is 5.62. The van der Waals surface area contributed by atoms with E-state index in [0.717, 1.165) is 0 Å². The Morgan fingerprint density at radius 3 is 2.72 bits per heavy atom. The summed E-state index contributed by atoms with van der Waals surface area (Å²) in [5.74, 6) is -0.520. The smallest absolute Gasteiger partial charge is 0.224 e. The second-order valence-corrected chi connectivity index (χ2v) is 5.27. The lowest BCUT2D eigenvalue weighted by atomic mass is 9.93. The average molecular weight is 268 g/mol. The van der Waals surface area contributed by atoms with Crippen molar-refractivity contribution in [1.29, 1.82) is 0 Å². The summed E-state index contributed by atoms with van der Waals surface area (Å²) in [5.41, 5.74) is 5.78. The van der Waals surface area contributed by atoms with Gasteiger partial charge in [-0.1, -0.05) is 38.2 Å². The first-order valence-corrected chi connectivity index (χ1v) is 6.03.